The third kappa shape index (κ3) is 3.13. The molecule has 2 aliphatic rings. The summed E-state index contributed by atoms with van der Waals surface area (Å²) in [5.74, 6) is 0.340. The molecule has 1 atom stereocenters. The van der Waals surface area contributed by atoms with Gasteiger partial charge in [0.2, 0.25) is 0 Å². The molecule has 1 saturated carbocycles. The third-order valence-electron chi connectivity index (χ3n) is 5.02. The zero-order valence-electron chi connectivity index (χ0n) is 12.6. The average Bonchev–Trinajstić information content (AvgIpc) is 2.89. The van der Waals surface area contributed by atoms with Crippen molar-refractivity contribution in [3.05, 3.63) is 23.4 Å². The second-order valence-electron chi connectivity index (χ2n) is 6.27. The van der Waals surface area contributed by atoms with Crippen LogP contribution in [0.15, 0.2) is 12.1 Å². The standard InChI is InChI=1S/C16H18F3N3O/c17-16(18,19)11-3-4-14(21-12(11)10-20)22-13-2-1-5-15(13)6-8-23-9-7-15/h3-4,13H,1-2,5-9H2,(H,21,22). The van der Waals surface area contributed by atoms with Crippen molar-refractivity contribution in [1.29, 1.82) is 5.26 Å². The first-order chi connectivity index (χ1) is 10.9. The Hall–Kier alpha value is -1.81. The van der Waals surface area contributed by atoms with Crippen LogP contribution < -0.4 is 5.32 Å². The van der Waals surface area contributed by atoms with Crippen molar-refractivity contribution in [2.75, 3.05) is 18.5 Å². The first-order valence-corrected chi connectivity index (χ1v) is 7.77. The number of aromatic nitrogens is 1. The summed E-state index contributed by atoms with van der Waals surface area (Å²) in [5, 5.41) is 12.2. The molecule has 1 N–H and O–H groups in total. The fraction of sp³-hybridized carbons (Fsp3) is 0.625. The van der Waals surface area contributed by atoms with Crippen LogP contribution in [0, 0.1) is 16.7 Å². The van der Waals surface area contributed by atoms with E-state index in [4.69, 9.17) is 10.00 Å². The van der Waals surface area contributed by atoms with Gasteiger partial charge >= 0.3 is 6.18 Å². The fourth-order valence-corrected chi connectivity index (χ4v) is 3.77. The minimum Gasteiger partial charge on any atom is -0.381 e. The van der Waals surface area contributed by atoms with Gasteiger partial charge in [0, 0.05) is 19.3 Å². The molecule has 1 saturated heterocycles. The molecule has 0 radical (unpaired) electrons. The second-order valence-corrected chi connectivity index (χ2v) is 6.27. The first kappa shape index (κ1) is 16.1. The maximum atomic E-state index is 12.8. The molecule has 0 bridgehead atoms. The van der Waals surface area contributed by atoms with Gasteiger partial charge in [-0.2, -0.15) is 18.4 Å². The van der Waals surface area contributed by atoms with Crippen molar-refractivity contribution in [2.24, 2.45) is 5.41 Å². The number of halogens is 3. The zero-order chi connectivity index (χ0) is 16.5. The minimum atomic E-state index is -4.56. The Morgan fingerprint density at radius 3 is 2.65 bits per heavy atom. The SMILES string of the molecule is N#Cc1nc(NC2CCCC23CCOCC3)ccc1C(F)(F)F. The van der Waals surface area contributed by atoms with Crippen molar-refractivity contribution in [2.45, 2.75) is 44.3 Å². The largest absolute Gasteiger partial charge is 0.419 e. The first-order valence-electron chi connectivity index (χ1n) is 7.77. The number of ether oxygens (including phenoxy) is 1. The van der Waals surface area contributed by atoms with E-state index in [0.29, 0.717) is 5.82 Å². The third-order valence-corrected chi connectivity index (χ3v) is 5.02. The van der Waals surface area contributed by atoms with Gasteiger partial charge in [0.05, 0.1) is 5.56 Å². The number of nitrogens with zero attached hydrogens (tertiary/aromatic N) is 2. The van der Waals surface area contributed by atoms with Crippen molar-refractivity contribution in [3.63, 3.8) is 0 Å². The summed E-state index contributed by atoms with van der Waals surface area (Å²) in [6, 6.07) is 3.96. The summed E-state index contributed by atoms with van der Waals surface area (Å²) in [6.07, 6.45) is 0.493. The van der Waals surface area contributed by atoms with E-state index in [0.717, 1.165) is 51.4 Å². The van der Waals surface area contributed by atoms with Crippen molar-refractivity contribution in [1.82, 2.24) is 4.98 Å². The van der Waals surface area contributed by atoms with Crippen molar-refractivity contribution in [3.8, 4) is 6.07 Å². The predicted octanol–water partition coefficient (Wildman–Crippen LogP) is 3.73. The Labute approximate surface area is 132 Å². The lowest BCUT2D eigenvalue weighted by molar-refractivity contribution is -0.138. The van der Waals surface area contributed by atoms with E-state index >= 15 is 0 Å². The van der Waals surface area contributed by atoms with Gasteiger partial charge in [-0.1, -0.05) is 6.42 Å². The summed E-state index contributed by atoms with van der Waals surface area (Å²) in [7, 11) is 0. The molecule has 2 fully saturated rings. The van der Waals surface area contributed by atoms with Crippen LogP contribution in [0.3, 0.4) is 0 Å². The number of rotatable bonds is 2. The molecule has 3 rings (SSSR count). The molecular formula is C16H18F3N3O. The fourth-order valence-electron chi connectivity index (χ4n) is 3.77. The maximum absolute atomic E-state index is 12.8. The summed E-state index contributed by atoms with van der Waals surface area (Å²) in [5.41, 5.74) is -1.44. The Kier molecular flexibility index (Phi) is 4.19. The summed E-state index contributed by atoms with van der Waals surface area (Å²) in [6.45, 7) is 1.45. The molecule has 1 aliphatic carbocycles. The van der Waals surface area contributed by atoms with Crippen LogP contribution in [-0.2, 0) is 10.9 Å². The highest BCUT2D eigenvalue weighted by Crippen LogP contribution is 2.47. The Balaban J connectivity index is 1.82. The number of hydrogen-bond acceptors (Lipinski definition) is 4. The molecule has 0 aromatic carbocycles. The van der Waals surface area contributed by atoms with Gasteiger partial charge in [-0.15, -0.1) is 0 Å². The van der Waals surface area contributed by atoms with Crippen LogP contribution in [0.1, 0.15) is 43.4 Å². The number of pyridine rings is 1. The van der Waals surface area contributed by atoms with Gasteiger partial charge in [-0.05, 0) is 43.2 Å². The Morgan fingerprint density at radius 2 is 2.00 bits per heavy atom. The number of alkyl halides is 3. The number of nitrogens with one attached hydrogen (secondary N) is 1. The summed E-state index contributed by atoms with van der Waals surface area (Å²) >= 11 is 0. The van der Waals surface area contributed by atoms with Crippen LogP contribution in [0.5, 0.6) is 0 Å². The highest BCUT2D eigenvalue weighted by atomic mass is 19.4. The number of anilines is 1. The lowest BCUT2D eigenvalue weighted by Crippen LogP contribution is -2.40. The molecule has 0 amide bonds. The number of nitriles is 1. The molecular weight excluding hydrogens is 307 g/mol. The van der Waals surface area contributed by atoms with E-state index in [9.17, 15) is 13.2 Å². The molecule has 7 heteroatoms. The summed E-state index contributed by atoms with van der Waals surface area (Å²) in [4.78, 5) is 3.88. The van der Waals surface area contributed by atoms with Crippen LogP contribution in [0.2, 0.25) is 0 Å². The second kappa shape index (κ2) is 6.00. The molecule has 1 spiro atoms. The van der Waals surface area contributed by atoms with E-state index < -0.39 is 17.4 Å². The predicted molar refractivity (Wildman–Crippen MR) is 77.7 cm³/mol. The highest BCUT2D eigenvalue weighted by Gasteiger charge is 2.44. The van der Waals surface area contributed by atoms with Crippen LogP contribution >= 0.6 is 0 Å². The van der Waals surface area contributed by atoms with E-state index in [1.165, 1.54) is 6.07 Å². The van der Waals surface area contributed by atoms with Gasteiger partial charge in [0.25, 0.3) is 0 Å². The van der Waals surface area contributed by atoms with Gasteiger partial charge in [0.1, 0.15) is 11.9 Å². The van der Waals surface area contributed by atoms with E-state index in [-0.39, 0.29) is 11.5 Å². The van der Waals surface area contributed by atoms with Gasteiger partial charge in [-0.3, -0.25) is 0 Å². The molecule has 1 unspecified atom stereocenters. The minimum absolute atomic E-state index is 0.134. The smallest absolute Gasteiger partial charge is 0.381 e. The van der Waals surface area contributed by atoms with E-state index in [1.807, 2.05) is 0 Å². The normalized spacial score (nSPS) is 23.7. The zero-order valence-corrected chi connectivity index (χ0v) is 12.6. The lowest BCUT2D eigenvalue weighted by atomic mass is 9.75. The Bertz CT molecular complexity index is 618. The molecule has 4 nitrogen and oxygen atoms in total. The van der Waals surface area contributed by atoms with Crippen molar-refractivity contribution >= 4 is 5.82 Å². The molecule has 1 aromatic rings. The molecule has 1 aliphatic heterocycles. The van der Waals surface area contributed by atoms with Gasteiger partial charge in [-0.25, -0.2) is 4.98 Å². The molecule has 2 heterocycles. The number of hydrogen-bond donors (Lipinski definition) is 1. The molecule has 124 valence electrons. The molecule has 1 aromatic heterocycles. The van der Waals surface area contributed by atoms with Crippen LogP contribution in [0.4, 0.5) is 19.0 Å². The summed E-state index contributed by atoms with van der Waals surface area (Å²) < 4.78 is 43.9. The highest BCUT2D eigenvalue weighted by molar-refractivity contribution is 5.45. The lowest BCUT2D eigenvalue weighted by Gasteiger charge is -2.39. The quantitative estimate of drug-likeness (QED) is 0.900. The van der Waals surface area contributed by atoms with Gasteiger partial charge in [0.15, 0.2) is 5.69 Å². The maximum Gasteiger partial charge on any atom is 0.419 e. The topological polar surface area (TPSA) is 57.9 Å². The van der Waals surface area contributed by atoms with Gasteiger partial charge < -0.3 is 10.1 Å². The molecule has 23 heavy (non-hydrogen) atoms. The van der Waals surface area contributed by atoms with E-state index in [2.05, 4.69) is 10.3 Å². The van der Waals surface area contributed by atoms with Crippen molar-refractivity contribution < 1.29 is 17.9 Å². The Morgan fingerprint density at radius 1 is 1.26 bits per heavy atom. The van der Waals surface area contributed by atoms with Crippen LogP contribution in [0.25, 0.3) is 0 Å². The van der Waals surface area contributed by atoms with E-state index in [1.54, 1.807) is 6.07 Å². The van der Waals surface area contributed by atoms with Crippen LogP contribution in [-0.4, -0.2) is 24.2 Å². The monoisotopic (exact) mass is 325 g/mol. The average molecular weight is 325 g/mol.